The van der Waals surface area contributed by atoms with Crippen LogP contribution in [0.5, 0.6) is 5.75 Å². The summed E-state index contributed by atoms with van der Waals surface area (Å²) >= 11 is 2.03. The van der Waals surface area contributed by atoms with Crippen molar-refractivity contribution < 1.29 is 9.53 Å². The molecule has 0 radical (unpaired) electrons. The van der Waals surface area contributed by atoms with Gasteiger partial charge >= 0.3 is 0 Å². The van der Waals surface area contributed by atoms with E-state index in [0.717, 1.165) is 62.9 Å². The number of rotatable bonds is 8. The van der Waals surface area contributed by atoms with Crippen LogP contribution < -0.4 is 15.4 Å². The fourth-order valence-electron chi connectivity index (χ4n) is 3.31. The van der Waals surface area contributed by atoms with Gasteiger partial charge in [0.1, 0.15) is 5.75 Å². The molecule has 0 spiro atoms. The van der Waals surface area contributed by atoms with E-state index in [9.17, 15) is 4.79 Å². The SMILES string of the molecule is CCNC(=NCCc1ccc(OCC(=O)NC2CC2)cc1)N1CCSC(C)(C)C1.I. The fraction of sp³-hybridized carbons (Fsp3) is 0.636. The Balaban J connectivity index is 0.00000320. The first-order chi connectivity index (χ1) is 13.9. The van der Waals surface area contributed by atoms with Gasteiger partial charge in [-0.05, 0) is 57.7 Å². The van der Waals surface area contributed by atoms with Gasteiger partial charge in [-0.3, -0.25) is 9.79 Å². The third-order valence-electron chi connectivity index (χ3n) is 4.96. The van der Waals surface area contributed by atoms with Gasteiger partial charge in [0.25, 0.3) is 5.91 Å². The lowest BCUT2D eigenvalue weighted by Crippen LogP contribution is -2.51. The number of carbonyl (C=O) groups excluding carboxylic acids is 1. The first-order valence-corrected chi connectivity index (χ1v) is 11.6. The largest absolute Gasteiger partial charge is 0.484 e. The number of ether oxygens (including phenoxy) is 1. The molecule has 1 saturated carbocycles. The zero-order valence-electron chi connectivity index (χ0n) is 18.3. The summed E-state index contributed by atoms with van der Waals surface area (Å²) in [6.07, 6.45) is 3.06. The number of halogens is 1. The lowest BCUT2D eigenvalue weighted by molar-refractivity contribution is -0.123. The molecule has 1 amide bonds. The lowest BCUT2D eigenvalue weighted by Gasteiger charge is -2.39. The molecule has 8 heteroatoms. The number of aliphatic imine (C=N–C) groups is 1. The summed E-state index contributed by atoms with van der Waals surface area (Å²) in [4.78, 5) is 18.9. The van der Waals surface area contributed by atoms with E-state index in [0.29, 0.717) is 6.04 Å². The maximum absolute atomic E-state index is 11.7. The third-order valence-corrected chi connectivity index (χ3v) is 6.26. The summed E-state index contributed by atoms with van der Waals surface area (Å²) < 4.78 is 5.83. The van der Waals surface area contributed by atoms with Crippen LogP contribution in [0.4, 0.5) is 0 Å². The maximum Gasteiger partial charge on any atom is 0.258 e. The fourth-order valence-corrected chi connectivity index (χ4v) is 4.42. The first-order valence-electron chi connectivity index (χ1n) is 10.6. The molecule has 6 nitrogen and oxygen atoms in total. The number of nitrogens with one attached hydrogen (secondary N) is 2. The summed E-state index contributed by atoms with van der Waals surface area (Å²) in [5.41, 5.74) is 1.22. The van der Waals surface area contributed by atoms with E-state index in [1.54, 1.807) is 0 Å². The Hall–Kier alpha value is -1.16. The monoisotopic (exact) mass is 546 g/mol. The Kier molecular flexibility index (Phi) is 10.1. The molecule has 2 N–H and O–H groups in total. The molecular formula is C22H35IN4O2S. The van der Waals surface area contributed by atoms with Gasteiger partial charge in [0.15, 0.2) is 12.6 Å². The van der Waals surface area contributed by atoms with E-state index in [1.807, 2.05) is 23.9 Å². The molecular weight excluding hydrogens is 511 g/mol. The van der Waals surface area contributed by atoms with Gasteiger partial charge in [-0.25, -0.2) is 0 Å². The Morgan fingerprint density at radius 1 is 1.30 bits per heavy atom. The molecule has 2 fully saturated rings. The minimum absolute atomic E-state index is 0. The van der Waals surface area contributed by atoms with Crippen molar-refractivity contribution >= 4 is 47.6 Å². The van der Waals surface area contributed by atoms with Gasteiger partial charge in [0.05, 0.1) is 0 Å². The summed E-state index contributed by atoms with van der Waals surface area (Å²) in [7, 11) is 0. The summed E-state index contributed by atoms with van der Waals surface area (Å²) in [6, 6.07) is 8.34. The van der Waals surface area contributed by atoms with Crippen molar-refractivity contribution in [1.29, 1.82) is 0 Å². The van der Waals surface area contributed by atoms with Crippen molar-refractivity contribution in [2.24, 2.45) is 4.99 Å². The molecule has 2 aliphatic rings. The number of carbonyl (C=O) groups is 1. The predicted molar refractivity (Wildman–Crippen MR) is 136 cm³/mol. The van der Waals surface area contributed by atoms with E-state index in [-0.39, 0.29) is 41.2 Å². The first kappa shape index (κ1) is 25.1. The average Bonchev–Trinajstić information content (AvgIpc) is 3.50. The van der Waals surface area contributed by atoms with Crippen molar-refractivity contribution in [2.45, 2.75) is 50.8 Å². The molecule has 1 saturated heterocycles. The van der Waals surface area contributed by atoms with E-state index in [4.69, 9.17) is 9.73 Å². The number of hydrogen-bond donors (Lipinski definition) is 2. The number of nitrogens with zero attached hydrogens (tertiary/aromatic N) is 2. The highest BCUT2D eigenvalue weighted by molar-refractivity contribution is 14.0. The second-order valence-electron chi connectivity index (χ2n) is 8.29. The van der Waals surface area contributed by atoms with Crippen LogP contribution in [0.15, 0.2) is 29.3 Å². The quantitative estimate of drug-likeness (QED) is 0.298. The Morgan fingerprint density at radius 2 is 2.03 bits per heavy atom. The number of guanidine groups is 1. The summed E-state index contributed by atoms with van der Waals surface area (Å²) in [5.74, 6) is 2.84. The zero-order chi connectivity index (χ0) is 20.7. The molecule has 1 aromatic carbocycles. The number of benzene rings is 1. The second kappa shape index (κ2) is 12.0. The van der Waals surface area contributed by atoms with E-state index in [1.165, 1.54) is 5.56 Å². The topological polar surface area (TPSA) is 66.0 Å². The third kappa shape index (κ3) is 8.53. The standard InChI is InChI=1S/C22H34N4O2S.HI/c1-4-23-21(26-13-14-29-22(2,3)16-26)24-12-11-17-5-9-19(10-6-17)28-15-20(27)25-18-7-8-18;/h5-6,9-10,18H,4,7-8,11-16H2,1-3H3,(H,23,24)(H,25,27);1H. The Bertz CT molecular complexity index is 708. The lowest BCUT2D eigenvalue weighted by atomic mass is 10.1. The zero-order valence-corrected chi connectivity index (χ0v) is 21.4. The average molecular weight is 547 g/mol. The van der Waals surface area contributed by atoms with Crippen LogP contribution in [-0.4, -0.2) is 66.1 Å². The number of amides is 1. The number of thioether (sulfide) groups is 1. The molecule has 1 aromatic rings. The van der Waals surface area contributed by atoms with Crippen molar-refractivity contribution in [3.8, 4) is 5.75 Å². The molecule has 0 aromatic heterocycles. The van der Waals surface area contributed by atoms with Crippen LogP contribution in [0.25, 0.3) is 0 Å². The molecule has 30 heavy (non-hydrogen) atoms. The molecule has 0 atom stereocenters. The van der Waals surface area contributed by atoms with Crippen molar-refractivity contribution in [3.05, 3.63) is 29.8 Å². The molecule has 168 valence electrons. The molecule has 1 aliphatic heterocycles. The van der Waals surface area contributed by atoms with Crippen LogP contribution in [0, 0.1) is 0 Å². The van der Waals surface area contributed by atoms with Gasteiger partial charge in [0, 0.05) is 42.7 Å². The van der Waals surface area contributed by atoms with Crippen molar-refractivity contribution in [1.82, 2.24) is 15.5 Å². The minimum atomic E-state index is -0.0406. The van der Waals surface area contributed by atoms with Gasteiger partial charge < -0.3 is 20.3 Å². The van der Waals surface area contributed by atoms with E-state index >= 15 is 0 Å². The summed E-state index contributed by atoms with van der Waals surface area (Å²) in [5, 5.41) is 6.37. The van der Waals surface area contributed by atoms with Crippen LogP contribution in [0.2, 0.25) is 0 Å². The van der Waals surface area contributed by atoms with Gasteiger partial charge in [-0.1, -0.05) is 12.1 Å². The van der Waals surface area contributed by atoms with E-state index in [2.05, 4.69) is 48.4 Å². The Morgan fingerprint density at radius 3 is 2.67 bits per heavy atom. The van der Waals surface area contributed by atoms with Crippen molar-refractivity contribution in [2.75, 3.05) is 38.5 Å². The van der Waals surface area contributed by atoms with Gasteiger partial charge in [-0.2, -0.15) is 11.8 Å². The second-order valence-corrected chi connectivity index (χ2v) is 10.1. The molecule has 3 rings (SSSR count). The highest BCUT2D eigenvalue weighted by Gasteiger charge is 2.28. The van der Waals surface area contributed by atoms with Gasteiger partial charge in [-0.15, -0.1) is 24.0 Å². The van der Waals surface area contributed by atoms with Gasteiger partial charge in [0.2, 0.25) is 0 Å². The molecule has 0 unspecified atom stereocenters. The minimum Gasteiger partial charge on any atom is -0.484 e. The highest BCUT2D eigenvalue weighted by atomic mass is 127. The van der Waals surface area contributed by atoms with Crippen LogP contribution in [0.1, 0.15) is 39.2 Å². The number of hydrogen-bond acceptors (Lipinski definition) is 4. The normalized spacial score (nSPS) is 18.4. The highest BCUT2D eigenvalue weighted by Crippen LogP contribution is 2.29. The van der Waals surface area contributed by atoms with Crippen LogP contribution in [-0.2, 0) is 11.2 Å². The van der Waals surface area contributed by atoms with Crippen molar-refractivity contribution in [3.63, 3.8) is 0 Å². The van der Waals surface area contributed by atoms with Crippen LogP contribution >= 0.6 is 35.7 Å². The Labute approximate surface area is 202 Å². The summed E-state index contributed by atoms with van der Waals surface area (Å²) in [6.45, 7) is 10.5. The molecule has 0 bridgehead atoms. The maximum atomic E-state index is 11.7. The molecule has 1 heterocycles. The van der Waals surface area contributed by atoms with Crippen LogP contribution in [0.3, 0.4) is 0 Å². The predicted octanol–water partition coefficient (Wildman–Crippen LogP) is 3.30. The molecule has 1 aliphatic carbocycles. The van der Waals surface area contributed by atoms with E-state index < -0.39 is 0 Å². The smallest absolute Gasteiger partial charge is 0.258 e.